The van der Waals surface area contributed by atoms with Gasteiger partial charge in [0, 0.05) is 19.4 Å². The fraction of sp³-hybridized carbons (Fsp3) is 0.500. The van der Waals surface area contributed by atoms with E-state index in [1.54, 1.807) is 10.9 Å². The van der Waals surface area contributed by atoms with Crippen LogP contribution in [0.15, 0.2) is 12.4 Å². The molecule has 0 aliphatic carbocycles. The predicted molar refractivity (Wildman–Crippen MR) is 67.7 cm³/mol. The van der Waals surface area contributed by atoms with Gasteiger partial charge in [-0.25, -0.2) is 14.5 Å². The van der Waals surface area contributed by atoms with Crippen molar-refractivity contribution in [3.8, 4) is 0 Å². The maximum atomic E-state index is 11.6. The first-order chi connectivity index (χ1) is 9.17. The highest BCUT2D eigenvalue weighted by molar-refractivity contribution is 5.88. The molecule has 0 atom stereocenters. The van der Waals surface area contributed by atoms with Crippen LogP contribution in [-0.2, 0) is 24.8 Å². The van der Waals surface area contributed by atoms with Gasteiger partial charge in [0.1, 0.15) is 12.4 Å². The Morgan fingerprint density at radius 2 is 2.26 bits per heavy atom. The van der Waals surface area contributed by atoms with Crippen LogP contribution in [0.4, 0.5) is 0 Å². The molecule has 0 saturated heterocycles. The number of aryl methyl sites for hydroxylation is 1. The average Bonchev–Trinajstić information content (AvgIpc) is 2.98. The van der Waals surface area contributed by atoms with Crippen molar-refractivity contribution in [3.05, 3.63) is 29.6 Å². The number of nitrogens with zero attached hydrogens (tertiary/aromatic N) is 5. The topological polar surface area (TPSA) is 74.8 Å². The third-order valence-corrected chi connectivity index (χ3v) is 2.92. The number of carbonyl (C=O) groups excluding carboxylic acids is 1. The van der Waals surface area contributed by atoms with Crippen LogP contribution in [0.3, 0.4) is 0 Å². The zero-order valence-corrected chi connectivity index (χ0v) is 11.3. The van der Waals surface area contributed by atoms with E-state index in [2.05, 4.69) is 15.3 Å². The lowest BCUT2D eigenvalue weighted by molar-refractivity contribution is 0.0592. The van der Waals surface area contributed by atoms with E-state index in [-0.39, 0.29) is 0 Å². The lowest BCUT2D eigenvalue weighted by Gasteiger charge is -2.06. The SMILES string of the molecule is CCCc1c(C(=O)OC)nnn1Cc1nccn1C. The minimum absolute atomic E-state index is 0.290. The van der Waals surface area contributed by atoms with Crippen molar-refractivity contribution in [1.82, 2.24) is 24.5 Å². The molecule has 0 bridgehead atoms. The average molecular weight is 263 g/mol. The zero-order valence-electron chi connectivity index (χ0n) is 11.3. The summed E-state index contributed by atoms with van der Waals surface area (Å²) in [6.07, 6.45) is 5.22. The molecule has 7 heteroatoms. The summed E-state index contributed by atoms with van der Waals surface area (Å²) in [5, 5.41) is 7.95. The number of imidazole rings is 1. The highest BCUT2D eigenvalue weighted by Gasteiger charge is 2.20. The normalized spacial score (nSPS) is 10.7. The van der Waals surface area contributed by atoms with E-state index >= 15 is 0 Å². The number of hydrogen-bond donors (Lipinski definition) is 0. The lowest BCUT2D eigenvalue weighted by atomic mass is 10.2. The number of ether oxygens (including phenoxy) is 1. The summed E-state index contributed by atoms with van der Waals surface area (Å²) in [5.41, 5.74) is 1.08. The minimum Gasteiger partial charge on any atom is -0.464 e. The van der Waals surface area contributed by atoms with Crippen molar-refractivity contribution >= 4 is 5.97 Å². The Bertz CT molecular complexity index is 572. The van der Waals surface area contributed by atoms with Crippen LogP contribution >= 0.6 is 0 Å². The van der Waals surface area contributed by atoms with E-state index in [1.807, 2.05) is 24.7 Å². The van der Waals surface area contributed by atoms with Crippen molar-refractivity contribution in [3.63, 3.8) is 0 Å². The molecule has 102 valence electrons. The molecule has 0 unspecified atom stereocenters. The molecule has 0 N–H and O–H groups in total. The van der Waals surface area contributed by atoms with E-state index in [9.17, 15) is 4.79 Å². The van der Waals surface area contributed by atoms with E-state index in [4.69, 9.17) is 4.74 Å². The largest absolute Gasteiger partial charge is 0.464 e. The van der Waals surface area contributed by atoms with E-state index in [0.29, 0.717) is 12.2 Å². The molecular formula is C12H17N5O2. The van der Waals surface area contributed by atoms with Crippen LogP contribution in [0.2, 0.25) is 0 Å². The van der Waals surface area contributed by atoms with Gasteiger partial charge < -0.3 is 9.30 Å². The quantitative estimate of drug-likeness (QED) is 0.746. The number of aromatic nitrogens is 5. The molecule has 0 spiro atoms. The van der Waals surface area contributed by atoms with Crippen molar-refractivity contribution in [2.24, 2.45) is 7.05 Å². The zero-order chi connectivity index (χ0) is 13.8. The third-order valence-electron chi connectivity index (χ3n) is 2.92. The lowest BCUT2D eigenvalue weighted by Crippen LogP contribution is -2.12. The van der Waals surface area contributed by atoms with Gasteiger partial charge in [-0.3, -0.25) is 0 Å². The molecule has 2 aromatic rings. The molecule has 19 heavy (non-hydrogen) atoms. The monoisotopic (exact) mass is 263 g/mol. The number of rotatable bonds is 5. The molecule has 2 rings (SSSR count). The van der Waals surface area contributed by atoms with Gasteiger partial charge in [0.15, 0.2) is 5.69 Å². The summed E-state index contributed by atoms with van der Waals surface area (Å²) in [6, 6.07) is 0. The molecule has 0 saturated carbocycles. The molecule has 0 radical (unpaired) electrons. The number of methoxy groups -OCH3 is 1. The molecular weight excluding hydrogens is 246 g/mol. The van der Waals surface area contributed by atoms with E-state index in [1.165, 1.54) is 7.11 Å². The van der Waals surface area contributed by atoms with Crippen molar-refractivity contribution < 1.29 is 9.53 Å². The Kier molecular flexibility index (Phi) is 3.94. The summed E-state index contributed by atoms with van der Waals surface area (Å²) in [5.74, 6) is 0.410. The molecule has 0 aliphatic rings. The van der Waals surface area contributed by atoms with Crippen molar-refractivity contribution in [1.29, 1.82) is 0 Å². The van der Waals surface area contributed by atoms with Crippen molar-refractivity contribution in [2.45, 2.75) is 26.3 Å². The molecule has 0 fully saturated rings. The second-order valence-corrected chi connectivity index (χ2v) is 4.24. The van der Waals surface area contributed by atoms with Gasteiger partial charge in [0.2, 0.25) is 0 Å². The minimum atomic E-state index is -0.449. The fourth-order valence-corrected chi connectivity index (χ4v) is 1.88. The molecule has 7 nitrogen and oxygen atoms in total. The van der Waals surface area contributed by atoms with E-state index < -0.39 is 5.97 Å². The van der Waals surface area contributed by atoms with Crippen LogP contribution in [0.1, 0.15) is 35.4 Å². The first-order valence-electron chi connectivity index (χ1n) is 6.14. The Morgan fingerprint density at radius 1 is 1.47 bits per heavy atom. The van der Waals surface area contributed by atoms with Gasteiger partial charge in [-0.05, 0) is 6.42 Å². The molecule has 2 heterocycles. The maximum Gasteiger partial charge on any atom is 0.360 e. The standard InChI is InChI=1S/C12H17N5O2/c1-4-5-9-11(12(18)19-3)14-15-17(9)8-10-13-6-7-16(10)2/h6-7H,4-5,8H2,1-3H3. The van der Waals surface area contributed by atoms with Crippen molar-refractivity contribution in [2.75, 3.05) is 7.11 Å². The van der Waals surface area contributed by atoms with Crippen LogP contribution in [0, 0.1) is 0 Å². The second-order valence-electron chi connectivity index (χ2n) is 4.24. The summed E-state index contributed by atoms with van der Waals surface area (Å²) < 4.78 is 8.34. The number of hydrogen-bond acceptors (Lipinski definition) is 5. The van der Waals surface area contributed by atoms with Gasteiger partial charge in [0.25, 0.3) is 0 Å². The van der Waals surface area contributed by atoms with E-state index in [0.717, 1.165) is 24.4 Å². The summed E-state index contributed by atoms with van der Waals surface area (Å²) in [4.78, 5) is 15.9. The fourth-order valence-electron chi connectivity index (χ4n) is 1.88. The Morgan fingerprint density at radius 3 is 2.84 bits per heavy atom. The first kappa shape index (κ1) is 13.3. The van der Waals surface area contributed by atoms with Gasteiger partial charge in [-0.15, -0.1) is 5.10 Å². The Balaban J connectivity index is 2.32. The number of carbonyl (C=O) groups is 1. The highest BCUT2D eigenvalue weighted by Crippen LogP contribution is 2.11. The van der Waals surface area contributed by atoms with Crippen LogP contribution in [0.5, 0.6) is 0 Å². The van der Waals surface area contributed by atoms with Crippen LogP contribution in [0.25, 0.3) is 0 Å². The van der Waals surface area contributed by atoms with Crippen LogP contribution in [-0.4, -0.2) is 37.6 Å². The Labute approximate surface area is 111 Å². The summed E-state index contributed by atoms with van der Waals surface area (Å²) in [6.45, 7) is 2.53. The number of esters is 1. The third kappa shape index (κ3) is 2.64. The molecule has 0 aliphatic heterocycles. The maximum absolute atomic E-state index is 11.6. The molecule has 0 amide bonds. The van der Waals surface area contributed by atoms with Crippen LogP contribution < -0.4 is 0 Å². The first-order valence-corrected chi connectivity index (χ1v) is 6.14. The Hall–Kier alpha value is -2.18. The van der Waals surface area contributed by atoms with Gasteiger partial charge in [-0.2, -0.15) is 0 Å². The predicted octanol–water partition coefficient (Wildman–Crippen LogP) is 0.799. The molecule has 2 aromatic heterocycles. The smallest absolute Gasteiger partial charge is 0.360 e. The summed E-state index contributed by atoms with van der Waals surface area (Å²) >= 11 is 0. The summed E-state index contributed by atoms with van der Waals surface area (Å²) in [7, 11) is 3.26. The van der Waals surface area contributed by atoms with Gasteiger partial charge >= 0.3 is 5.97 Å². The second kappa shape index (κ2) is 5.64. The molecule has 0 aromatic carbocycles. The van der Waals surface area contributed by atoms with Gasteiger partial charge in [0.05, 0.1) is 12.8 Å². The van der Waals surface area contributed by atoms with Gasteiger partial charge in [-0.1, -0.05) is 18.6 Å². The highest BCUT2D eigenvalue weighted by atomic mass is 16.5.